The van der Waals surface area contributed by atoms with Gasteiger partial charge in [0, 0.05) is 51.0 Å². The fourth-order valence-electron chi connectivity index (χ4n) is 4.31. The molecule has 1 aromatic rings. The van der Waals surface area contributed by atoms with E-state index in [0.717, 1.165) is 36.3 Å². The number of aromatic nitrogens is 2. The van der Waals surface area contributed by atoms with E-state index in [1.54, 1.807) is 4.90 Å². The number of rotatable bonds is 5. The fourth-order valence-corrected chi connectivity index (χ4v) is 4.31. The maximum absolute atomic E-state index is 12.8. The van der Waals surface area contributed by atoms with Crippen molar-refractivity contribution in [2.45, 2.75) is 64.6 Å². The zero-order valence-corrected chi connectivity index (χ0v) is 16.4. The van der Waals surface area contributed by atoms with Crippen molar-refractivity contribution in [1.82, 2.24) is 24.9 Å². The molecular formula is C19H31N5O2. The van der Waals surface area contributed by atoms with Crippen LogP contribution in [0.5, 0.6) is 0 Å². The lowest BCUT2D eigenvalue weighted by Crippen LogP contribution is -2.59. The molecule has 26 heavy (non-hydrogen) atoms. The van der Waals surface area contributed by atoms with Crippen LogP contribution in [0.25, 0.3) is 0 Å². The fraction of sp³-hybridized carbons (Fsp3) is 0.737. The highest BCUT2D eigenvalue weighted by Gasteiger charge is 2.37. The van der Waals surface area contributed by atoms with Gasteiger partial charge in [0.1, 0.15) is 0 Å². The van der Waals surface area contributed by atoms with Crippen LogP contribution in [-0.2, 0) is 23.2 Å². The van der Waals surface area contributed by atoms with Gasteiger partial charge in [-0.05, 0) is 26.7 Å². The van der Waals surface area contributed by atoms with Gasteiger partial charge in [0.2, 0.25) is 11.8 Å². The van der Waals surface area contributed by atoms with Crippen LogP contribution < -0.4 is 5.32 Å². The summed E-state index contributed by atoms with van der Waals surface area (Å²) in [5.41, 5.74) is 3.11. The molecule has 1 saturated heterocycles. The molecular weight excluding hydrogens is 330 g/mol. The molecule has 1 aliphatic carbocycles. The monoisotopic (exact) mass is 361 g/mol. The summed E-state index contributed by atoms with van der Waals surface area (Å²) < 4.78 is 1.85. The average molecular weight is 361 g/mol. The molecule has 1 aromatic heterocycles. The Bertz CT molecular complexity index is 678. The third kappa shape index (κ3) is 3.77. The summed E-state index contributed by atoms with van der Waals surface area (Å²) in [7, 11) is 3.73. The van der Waals surface area contributed by atoms with Crippen LogP contribution in [0.2, 0.25) is 0 Å². The number of amides is 2. The van der Waals surface area contributed by atoms with Gasteiger partial charge in [-0.1, -0.05) is 12.8 Å². The topological polar surface area (TPSA) is 70.5 Å². The molecule has 144 valence electrons. The Kier molecular flexibility index (Phi) is 5.65. The zero-order chi connectivity index (χ0) is 18.8. The summed E-state index contributed by atoms with van der Waals surface area (Å²) >= 11 is 0. The number of piperazine rings is 1. The van der Waals surface area contributed by atoms with Crippen molar-refractivity contribution in [3.05, 3.63) is 17.0 Å². The number of carbonyl (C=O) groups excluding carboxylic acids is 2. The van der Waals surface area contributed by atoms with Crippen molar-refractivity contribution in [1.29, 1.82) is 0 Å². The molecule has 0 bridgehead atoms. The highest BCUT2D eigenvalue weighted by atomic mass is 16.2. The summed E-state index contributed by atoms with van der Waals surface area (Å²) in [6.45, 7) is 6.05. The molecule has 2 aliphatic rings. The lowest BCUT2D eigenvalue weighted by atomic mass is 10.0. The van der Waals surface area contributed by atoms with Crippen LogP contribution in [-0.4, -0.2) is 63.6 Å². The van der Waals surface area contributed by atoms with E-state index >= 15 is 0 Å². The van der Waals surface area contributed by atoms with Crippen molar-refractivity contribution >= 4 is 11.8 Å². The van der Waals surface area contributed by atoms with Gasteiger partial charge in [-0.15, -0.1) is 0 Å². The first-order chi connectivity index (χ1) is 12.4. The average Bonchev–Trinajstić information content (AvgIpc) is 3.21. The maximum atomic E-state index is 12.8. The largest absolute Gasteiger partial charge is 0.353 e. The van der Waals surface area contributed by atoms with Crippen molar-refractivity contribution in [3.8, 4) is 0 Å². The molecule has 0 radical (unpaired) electrons. The number of aryl methyl sites for hydroxylation is 2. The molecule has 0 aromatic carbocycles. The van der Waals surface area contributed by atoms with Gasteiger partial charge < -0.3 is 10.2 Å². The van der Waals surface area contributed by atoms with Gasteiger partial charge in [0.05, 0.1) is 18.2 Å². The predicted octanol–water partition coefficient (Wildman–Crippen LogP) is 1.13. The quantitative estimate of drug-likeness (QED) is 0.853. The van der Waals surface area contributed by atoms with Crippen molar-refractivity contribution in [2.75, 3.05) is 20.1 Å². The Labute approximate surface area is 155 Å². The summed E-state index contributed by atoms with van der Waals surface area (Å²) in [6.07, 6.45) is 4.98. The maximum Gasteiger partial charge on any atom is 0.237 e. The minimum atomic E-state index is -0.335. The van der Waals surface area contributed by atoms with Crippen LogP contribution in [0.15, 0.2) is 0 Å². The van der Waals surface area contributed by atoms with E-state index in [1.807, 2.05) is 32.6 Å². The number of nitrogens with zero attached hydrogens (tertiary/aromatic N) is 4. The molecule has 0 spiro atoms. The first-order valence-electron chi connectivity index (χ1n) is 9.65. The van der Waals surface area contributed by atoms with Gasteiger partial charge in [0.15, 0.2) is 0 Å². The van der Waals surface area contributed by atoms with E-state index in [4.69, 9.17) is 0 Å². The van der Waals surface area contributed by atoms with Gasteiger partial charge in [-0.3, -0.25) is 19.2 Å². The van der Waals surface area contributed by atoms with Crippen LogP contribution in [0.4, 0.5) is 0 Å². The molecule has 1 aliphatic heterocycles. The SMILES string of the molecule is Cc1nn(C)c(C)c1CN(C)C(=O)C[C@H]1C(=O)NCCN1C1CCCC1. The Morgan fingerprint density at radius 1 is 1.31 bits per heavy atom. The predicted molar refractivity (Wildman–Crippen MR) is 99.5 cm³/mol. The van der Waals surface area contributed by atoms with Crippen LogP contribution in [0.3, 0.4) is 0 Å². The standard InChI is InChI=1S/C19H31N5O2/c1-13-16(14(2)23(4)21-13)12-22(3)18(25)11-17-19(26)20-9-10-24(17)15-7-5-6-8-15/h15,17H,5-12H2,1-4H3,(H,20,26)/t17-/m0/s1. The zero-order valence-electron chi connectivity index (χ0n) is 16.4. The highest BCUT2D eigenvalue weighted by molar-refractivity contribution is 5.88. The van der Waals surface area contributed by atoms with Gasteiger partial charge >= 0.3 is 0 Å². The third-order valence-corrected chi connectivity index (χ3v) is 6.01. The molecule has 3 rings (SSSR count). The highest BCUT2D eigenvalue weighted by Crippen LogP contribution is 2.27. The number of hydrogen-bond acceptors (Lipinski definition) is 4. The van der Waals surface area contributed by atoms with Crippen molar-refractivity contribution in [2.24, 2.45) is 7.05 Å². The summed E-state index contributed by atoms with van der Waals surface area (Å²) in [6, 6.07) is 0.116. The Morgan fingerprint density at radius 3 is 2.62 bits per heavy atom. The molecule has 1 saturated carbocycles. The van der Waals surface area contributed by atoms with Gasteiger partial charge in [-0.25, -0.2) is 0 Å². The van der Waals surface area contributed by atoms with E-state index < -0.39 is 0 Å². The van der Waals surface area contributed by atoms with Crippen LogP contribution >= 0.6 is 0 Å². The minimum Gasteiger partial charge on any atom is -0.353 e. The minimum absolute atomic E-state index is 0.00126. The van der Waals surface area contributed by atoms with Crippen LogP contribution in [0, 0.1) is 13.8 Å². The second-order valence-electron chi connectivity index (χ2n) is 7.71. The van der Waals surface area contributed by atoms with E-state index in [0.29, 0.717) is 19.1 Å². The number of carbonyl (C=O) groups is 2. The second-order valence-corrected chi connectivity index (χ2v) is 7.71. The molecule has 2 fully saturated rings. The molecule has 1 atom stereocenters. The Hall–Kier alpha value is -1.89. The Balaban J connectivity index is 1.67. The van der Waals surface area contributed by atoms with Crippen LogP contribution in [0.1, 0.15) is 49.1 Å². The first kappa shape index (κ1) is 18.9. The van der Waals surface area contributed by atoms with Crippen molar-refractivity contribution < 1.29 is 9.59 Å². The molecule has 0 unspecified atom stereocenters. The molecule has 1 N–H and O–H groups in total. The summed E-state index contributed by atoms with van der Waals surface area (Å²) in [5.74, 6) is 0.0105. The van der Waals surface area contributed by atoms with E-state index in [1.165, 1.54) is 12.8 Å². The van der Waals surface area contributed by atoms with Gasteiger partial charge in [0.25, 0.3) is 0 Å². The Morgan fingerprint density at radius 2 is 2.00 bits per heavy atom. The van der Waals surface area contributed by atoms with E-state index in [2.05, 4.69) is 15.3 Å². The summed E-state index contributed by atoms with van der Waals surface area (Å²) in [4.78, 5) is 29.3. The second kappa shape index (κ2) is 7.78. The smallest absolute Gasteiger partial charge is 0.237 e. The normalized spacial score (nSPS) is 21.8. The molecule has 2 heterocycles. The molecule has 2 amide bonds. The lowest BCUT2D eigenvalue weighted by molar-refractivity contribution is -0.139. The van der Waals surface area contributed by atoms with Gasteiger partial charge in [-0.2, -0.15) is 5.10 Å². The molecule has 7 heteroatoms. The third-order valence-electron chi connectivity index (χ3n) is 6.01. The lowest BCUT2D eigenvalue weighted by Gasteiger charge is -2.39. The number of nitrogens with one attached hydrogen (secondary N) is 1. The van der Waals surface area contributed by atoms with Crippen molar-refractivity contribution in [3.63, 3.8) is 0 Å². The number of hydrogen-bond donors (Lipinski definition) is 1. The van der Waals surface area contributed by atoms with E-state index in [9.17, 15) is 9.59 Å². The van der Waals surface area contributed by atoms with E-state index in [-0.39, 0.29) is 24.3 Å². The first-order valence-corrected chi connectivity index (χ1v) is 9.65. The summed E-state index contributed by atoms with van der Waals surface area (Å²) in [5, 5.41) is 7.36. The molecule has 7 nitrogen and oxygen atoms in total.